The fourth-order valence-corrected chi connectivity index (χ4v) is 7.50. The molecule has 1 heterocycles. The Morgan fingerprint density at radius 2 is 2.00 bits per heavy atom. The van der Waals surface area contributed by atoms with Gasteiger partial charge in [0, 0.05) is 31.6 Å². The van der Waals surface area contributed by atoms with E-state index in [1.165, 1.54) is 24.8 Å². The summed E-state index contributed by atoms with van der Waals surface area (Å²) in [6, 6.07) is 0. The number of fused-ring (bicyclic) bond motifs is 1. The minimum atomic E-state index is -0.953. The van der Waals surface area contributed by atoms with E-state index in [1.807, 2.05) is 0 Å². The molecule has 0 spiro atoms. The van der Waals surface area contributed by atoms with Gasteiger partial charge in [0.1, 0.15) is 18.3 Å². The van der Waals surface area contributed by atoms with Crippen LogP contribution in [0.2, 0.25) is 0 Å². The second-order valence-corrected chi connectivity index (χ2v) is 11.7. The lowest BCUT2D eigenvalue weighted by Crippen LogP contribution is -2.45. The van der Waals surface area contributed by atoms with Crippen LogP contribution in [0.1, 0.15) is 71.6 Å². The molecule has 0 bridgehead atoms. The van der Waals surface area contributed by atoms with E-state index in [9.17, 15) is 15.0 Å². The van der Waals surface area contributed by atoms with Gasteiger partial charge in [0.25, 0.3) is 0 Å². The minimum absolute atomic E-state index is 0.0160. The maximum absolute atomic E-state index is 11.8. The highest BCUT2D eigenvalue weighted by molar-refractivity contribution is 5.89. The van der Waals surface area contributed by atoms with Crippen LogP contribution in [0.4, 0.5) is 0 Å². The van der Waals surface area contributed by atoms with Gasteiger partial charge in [-0.3, -0.25) is 0 Å². The number of aliphatic hydroxyl groups is 3. The molecule has 200 valence electrons. The molecule has 0 amide bonds. The molecule has 5 unspecified atom stereocenters. The molecular weight excluding hydrogens is 456 g/mol. The van der Waals surface area contributed by atoms with Crippen LogP contribution in [-0.2, 0) is 14.3 Å². The molecule has 4 aliphatic rings. The van der Waals surface area contributed by atoms with Crippen molar-refractivity contribution < 1.29 is 29.6 Å². The van der Waals surface area contributed by atoms with Crippen LogP contribution in [-0.4, -0.2) is 58.9 Å². The fourth-order valence-electron chi connectivity index (χ4n) is 7.50. The van der Waals surface area contributed by atoms with Gasteiger partial charge in [0.05, 0.1) is 6.10 Å². The predicted molar refractivity (Wildman–Crippen MR) is 139 cm³/mol. The van der Waals surface area contributed by atoms with Gasteiger partial charge in [-0.2, -0.15) is 0 Å². The van der Waals surface area contributed by atoms with Crippen molar-refractivity contribution in [2.45, 2.75) is 96.1 Å². The third-order valence-electron chi connectivity index (χ3n) is 9.40. The van der Waals surface area contributed by atoms with Crippen molar-refractivity contribution in [2.24, 2.45) is 23.2 Å². The van der Waals surface area contributed by atoms with E-state index in [-0.39, 0.29) is 24.1 Å². The summed E-state index contributed by atoms with van der Waals surface area (Å²) in [7, 11) is 0. The molecule has 6 nitrogen and oxygen atoms in total. The highest BCUT2D eigenvalue weighted by Gasteiger charge is 2.51. The zero-order chi connectivity index (χ0) is 26.0. The average Bonchev–Trinajstić information content (AvgIpc) is 3.35. The van der Waals surface area contributed by atoms with E-state index in [2.05, 4.69) is 39.2 Å². The SMILES string of the molecule is C=C1CC(CC(C)[C@H]2CC[C@H]3/C(=C\C=C4/CC(O)C(OCCCO)C(O)C4=C)CCC[C@]23C)OC1=O. The van der Waals surface area contributed by atoms with Crippen LogP contribution in [0.15, 0.2) is 47.6 Å². The molecule has 1 aliphatic heterocycles. The number of aliphatic hydroxyl groups excluding tert-OH is 3. The van der Waals surface area contributed by atoms with Crippen molar-refractivity contribution in [3.05, 3.63) is 47.6 Å². The lowest BCUT2D eigenvalue weighted by Gasteiger charge is -2.44. The zero-order valence-electron chi connectivity index (χ0n) is 22.0. The van der Waals surface area contributed by atoms with Gasteiger partial charge in [-0.05, 0) is 79.3 Å². The first kappa shape index (κ1) is 27.3. The topological polar surface area (TPSA) is 96.2 Å². The molecule has 0 aromatic carbocycles. The number of rotatable bonds is 8. The van der Waals surface area contributed by atoms with Crippen LogP contribution in [0.5, 0.6) is 0 Å². The predicted octanol–water partition coefficient (Wildman–Crippen LogP) is 4.40. The Hall–Kier alpha value is -1.73. The second kappa shape index (κ2) is 11.3. The van der Waals surface area contributed by atoms with Crippen molar-refractivity contribution in [3.63, 3.8) is 0 Å². The largest absolute Gasteiger partial charge is 0.459 e. The molecule has 3 aliphatic carbocycles. The summed E-state index contributed by atoms with van der Waals surface area (Å²) in [5.74, 6) is 1.36. The lowest BCUT2D eigenvalue weighted by molar-refractivity contribution is -0.139. The van der Waals surface area contributed by atoms with Crippen LogP contribution >= 0.6 is 0 Å². The van der Waals surface area contributed by atoms with Gasteiger partial charge in [-0.15, -0.1) is 0 Å². The fraction of sp³-hybridized carbons (Fsp3) is 0.700. The second-order valence-electron chi connectivity index (χ2n) is 11.7. The van der Waals surface area contributed by atoms with E-state index in [0.29, 0.717) is 54.8 Å². The van der Waals surface area contributed by atoms with Gasteiger partial charge in [-0.1, -0.05) is 44.7 Å². The highest BCUT2D eigenvalue weighted by atomic mass is 16.5. The van der Waals surface area contributed by atoms with Crippen LogP contribution < -0.4 is 0 Å². The first-order valence-electron chi connectivity index (χ1n) is 13.7. The molecule has 4 rings (SSSR count). The molecule has 8 atom stereocenters. The maximum Gasteiger partial charge on any atom is 0.333 e. The Kier molecular flexibility index (Phi) is 8.60. The maximum atomic E-state index is 11.8. The summed E-state index contributed by atoms with van der Waals surface area (Å²) in [4.78, 5) is 11.8. The van der Waals surface area contributed by atoms with E-state index < -0.39 is 18.3 Å². The molecule has 0 radical (unpaired) electrons. The highest BCUT2D eigenvalue weighted by Crippen LogP contribution is 2.60. The Morgan fingerprint density at radius 3 is 2.69 bits per heavy atom. The average molecular weight is 501 g/mol. The number of allylic oxidation sites excluding steroid dienone is 3. The summed E-state index contributed by atoms with van der Waals surface area (Å²) >= 11 is 0. The molecule has 1 saturated heterocycles. The van der Waals surface area contributed by atoms with Crippen LogP contribution in [0.25, 0.3) is 0 Å². The number of hydrogen-bond donors (Lipinski definition) is 3. The number of esters is 1. The summed E-state index contributed by atoms with van der Waals surface area (Å²) in [5.41, 5.74) is 3.78. The Morgan fingerprint density at radius 1 is 1.22 bits per heavy atom. The molecule has 3 saturated carbocycles. The Bertz CT molecular complexity index is 902. The van der Waals surface area contributed by atoms with Gasteiger partial charge in [0.15, 0.2) is 0 Å². The van der Waals surface area contributed by atoms with E-state index in [1.54, 1.807) is 0 Å². The van der Waals surface area contributed by atoms with Crippen molar-refractivity contribution in [1.29, 1.82) is 0 Å². The normalized spacial score (nSPS) is 40.1. The summed E-state index contributed by atoms with van der Waals surface area (Å²) in [6.45, 7) is 13.0. The molecule has 6 heteroatoms. The van der Waals surface area contributed by atoms with Crippen molar-refractivity contribution in [3.8, 4) is 0 Å². The quantitative estimate of drug-likeness (QED) is 0.260. The summed E-state index contributed by atoms with van der Waals surface area (Å²) in [6.07, 6.45) is 10.0. The molecule has 4 fully saturated rings. The minimum Gasteiger partial charge on any atom is -0.459 e. The molecule has 36 heavy (non-hydrogen) atoms. The molecular formula is C30H44O6. The van der Waals surface area contributed by atoms with Gasteiger partial charge >= 0.3 is 5.97 Å². The standard InChI is InChI=1S/C30H44O6/c1-18(15-23-16-19(2)29(34)36-23)24-10-11-25-21(7-5-12-30(24,25)4)8-9-22-17-26(32)28(27(33)20(22)3)35-14-6-13-31/h8-9,18,23-28,31-33H,2-3,5-7,10-17H2,1,4H3/b21-8-,22-9+/t18?,23?,24-,25+,26?,27?,28?,30-/m1/s1. The van der Waals surface area contributed by atoms with E-state index in [4.69, 9.17) is 14.6 Å². The molecule has 0 aromatic rings. The van der Waals surface area contributed by atoms with E-state index >= 15 is 0 Å². The number of carbonyl (C=O) groups excluding carboxylic acids is 1. The van der Waals surface area contributed by atoms with Gasteiger partial charge in [0.2, 0.25) is 0 Å². The van der Waals surface area contributed by atoms with Gasteiger partial charge in [-0.25, -0.2) is 4.79 Å². The summed E-state index contributed by atoms with van der Waals surface area (Å²) < 4.78 is 11.2. The van der Waals surface area contributed by atoms with Crippen molar-refractivity contribution >= 4 is 5.97 Å². The third-order valence-corrected chi connectivity index (χ3v) is 9.40. The van der Waals surface area contributed by atoms with Crippen LogP contribution in [0, 0.1) is 23.2 Å². The van der Waals surface area contributed by atoms with Crippen molar-refractivity contribution in [2.75, 3.05) is 13.2 Å². The molecule has 3 N–H and O–H groups in total. The number of carbonyl (C=O) groups is 1. The number of ether oxygens (including phenoxy) is 2. The lowest BCUT2D eigenvalue weighted by atomic mass is 9.60. The smallest absolute Gasteiger partial charge is 0.333 e. The van der Waals surface area contributed by atoms with Crippen LogP contribution in [0.3, 0.4) is 0 Å². The monoisotopic (exact) mass is 500 g/mol. The molecule has 0 aromatic heterocycles. The number of hydrogen-bond acceptors (Lipinski definition) is 6. The van der Waals surface area contributed by atoms with Gasteiger partial charge < -0.3 is 24.8 Å². The van der Waals surface area contributed by atoms with E-state index in [0.717, 1.165) is 24.8 Å². The van der Waals surface area contributed by atoms with Crippen molar-refractivity contribution in [1.82, 2.24) is 0 Å². The summed E-state index contributed by atoms with van der Waals surface area (Å²) in [5, 5.41) is 30.3. The first-order valence-corrected chi connectivity index (χ1v) is 13.7. The zero-order valence-corrected chi connectivity index (χ0v) is 22.0. The first-order chi connectivity index (χ1) is 17.2. The Balaban J connectivity index is 1.43. The third kappa shape index (κ3) is 5.42. The number of cyclic esters (lactones) is 1. The Labute approximate surface area is 215 Å².